The fourth-order valence-corrected chi connectivity index (χ4v) is 1.77. The summed E-state index contributed by atoms with van der Waals surface area (Å²) in [4.78, 5) is 12.6. The van der Waals surface area contributed by atoms with E-state index in [9.17, 15) is 13.6 Å². The Morgan fingerprint density at radius 3 is 2.41 bits per heavy atom. The molecule has 0 saturated heterocycles. The lowest BCUT2D eigenvalue weighted by atomic mass is 9.93. The second-order valence-corrected chi connectivity index (χ2v) is 4.55. The van der Waals surface area contributed by atoms with E-state index in [1.807, 2.05) is 6.92 Å². The minimum absolute atomic E-state index is 0.232. The Balaban J connectivity index is 4.50. The molecule has 0 aromatic heterocycles. The highest BCUT2D eigenvalue weighted by Crippen LogP contribution is 2.16. The predicted octanol–water partition coefficient (Wildman–Crippen LogP) is 1.41. The van der Waals surface area contributed by atoms with Crippen LogP contribution in [0.2, 0.25) is 0 Å². The molecule has 6 heteroatoms. The molecule has 2 N–H and O–H groups in total. The van der Waals surface area contributed by atoms with Gasteiger partial charge in [0.1, 0.15) is 5.54 Å². The van der Waals surface area contributed by atoms with Crippen molar-refractivity contribution in [1.82, 2.24) is 10.2 Å². The van der Waals surface area contributed by atoms with Gasteiger partial charge in [-0.25, -0.2) is 8.78 Å². The third-order valence-corrected chi connectivity index (χ3v) is 2.92. The van der Waals surface area contributed by atoms with Crippen LogP contribution in [-0.2, 0) is 4.79 Å². The highest BCUT2D eigenvalue weighted by atomic mass is 19.3. The fourth-order valence-electron chi connectivity index (χ4n) is 1.77. The third-order valence-electron chi connectivity index (χ3n) is 2.92. The van der Waals surface area contributed by atoms with E-state index in [1.165, 1.54) is 4.90 Å². The number of rotatable bonds is 8. The number of likely N-dealkylation sites (N-methyl/N-ethyl adjacent to an activating group) is 1. The standard InChI is InChI=1S/C11H22F2N2O2/c1-5-14-11(3,10(16)17)6-8(2)15(4)7-9(12)13/h8-9,14H,5-7H2,1-4H3,(H,16,17). The molecule has 102 valence electrons. The first-order valence-corrected chi connectivity index (χ1v) is 5.69. The minimum atomic E-state index is -2.40. The van der Waals surface area contributed by atoms with Crippen molar-refractivity contribution < 1.29 is 18.7 Å². The number of hydrogen-bond acceptors (Lipinski definition) is 3. The van der Waals surface area contributed by atoms with E-state index in [2.05, 4.69) is 5.32 Å². The number of alkyl halides is 2. The Kier molecular flexibility index (Phi) is 6.56. The number of aliphatic carboxylic acids is 1. The van der Waals surface area contributed by atoms with Gasteiger partial charge < -0.3 is 10.4 Å². The SMILES string of the molecule is CCNC(C)(CC(C)N(C)CC(F)F)C(=O)O. The largest absolute Gasteiger partial charge is 0.480 e. The molecule has 0 aromatic rings. The first kappa shape index (κ1) is 16.2. The molecule has 0 aliphatic heterocycles. The average molecular weight is 252 g/mol. The molecule has 0 heterocycles. The summed E-state index contributed by atoms with van der Waals surface area (Å²) in [5, 5.41) is 12.0. The average Bonchev–Trinajstić information content (AvgIpc) is 2.16. The first-order chi connectivity index (χ1) is 7.73. The monoisotopic (exact) mass is 252 g/mol. The van der Waals surface area contributed by atoms with E-state index >= 15 is 0 Å². The van der Waals surface area contributed by atoms with E-state index in [0.717, 1.165) is 0 Å². The summed E-state index contributed by atoms with van der Waals surface area (Å²) >= 11 is 0. The minimum Gasteiger partial charge on any atom is -0.480 e. The van der Waals surface area contributed by atoms with Crippen LogP contribution in [0.25, 0.3) is 0 Å². The second-order valence-electron chi connectivity index (χ2n) is 4.55. The quantitative estimate of drug-likeness (QED) is 0.686. The molecule has 0 rings (SSSR count). The maximum atomic E-state index is 12.2. The maximum Gasteiger partial charge on any atom is 0.323 e. The molecule has 0 aliphatic rings. The summed E-state index contributed by atoms with van der Waals surface area (Å²) in [6.45, 7) is 5.32. The molecule has 0 spiro atoms. The van der Waals surface area contributed by atoms with Crippen molar-refractivity contribution in [3.8, 4) is 0 Å². The highest BCUT2D eigenvalue weighted by Gasteiger charge is 2.34. The van der Waals surface area contributed by atoms with E-state index in [1.54, 1.807) is 20.9 Å². The number of hydrogen-bond donors (Lipinski definition) is 2. The van der Waals surface area contributed by atoms with Gasteiger partial charge in [-0.2, -0.15) is 0 Å². The molecule has 0 fully saturated rings. The summed E-state index contributed by atoms with van der Waals surface area (Å²) in [5.74, 6) is -0.961. The van der Waals surface area contributed by atoms with Crippen LogP contribution in [0.1, 0.15) is 27.2 Å². The van der Waals surface area contributed by atoms with E-state index in [-0.39, 0.29) is 19.0 Å². The molecule has 0 radical (unpaired) electrons. The van der Waals surface area contributed by atoms with Gasteiger partial charge >= 0.3 is 5.97 Å². The zero-order valence-corrected chi connectivity index (χ0v) is 10.8. The van der Waals surface area contributed by atoms with Crippen LogP contribution in [0.15, 0.2) is 0 Å². The second kappa shape index (κ2) is 6.86. The number of carbonyl (C=O) groups is 1. The van der Waals surface area contributed by atoms with E-state index < -0.39 is 17.9 Å². The maximum absolute atomic E-state index is 12.2. The smallest absolute Gasteiger partial charge is 0.323 e. The van der Waals surface area contributed by atoms with Crippen molar-refractivity contribution >= 4 is 5.97 Å². The van der Waals surface area contributed by atoms with Crippen molar-refractivity contribution in [2.45, 2.75) is 45.2 Å². The molecule has 0 bridgehead atoms. The summed E-state index contributed by atoms with van der Waals surface area (Å²) in [7, 11) is 1.57. The van der Waals surface area contributed by atoms with E-state index in [0.29, 0.717) is 6.54 Å². The molecule has 17 heavy (non-hydrogen) atoms. The van der Waals surface area contributed by atoms with Crippen LogP contribution in [0, 0.1) is 0 Å². The van der Waals surface area contributed by atoms with Gasteiger partial charge in [0.2, 0.25) is 0 Å². The first-order valence-electron chi connectivity index (χ1n) is 5.69. The molecule has 0 aliphatic carbocycles. The Bertz CT molecular complexity index is 252. The van der Waals surface area contributed by atoms with Gasteiger partial charge in [-0.3, -0.25) is 9.69 Å². The van der Waals surface area contributed by atoms with E-state index in [4.69, 9.17) is 5.11 Å². The number of carboxylic acids is 1. The molecular formula is C11H22F2N2O2. The van der Waals surface area contributed by atoms with Crippen molar-refractivity contribution in [3.05, 3.63) is 0 Å². The molecule has 0 amide bonds. The Labute approximate surface area is 101 Å². The molecule has 2 atom stereocenters. The molecule has 2 unspecified atom stereocenters. The third kappa shape index (κ3) is 5.41. The molecule has 4 nitrogen and oxygen atoms in total. The van der Waals surface area contributed by atoms with Crippen molar-refractivity contribution in [1.29, 1.82) is 0 Å². The lowest BCUT2D eigenvalue weighted by Gasteiger charge is -2.33. The van der Waals surface area contributed by atoms with Gasteiger partial charge in [0.15, 0.2) is 0 Å². The lowest BCUT2D eigenvalue weighted by molar-refractivity contribution is -0.145. The van der Waals surface area contributed by atoms with Crippen molar-refractivity contribution in [3.63, 3.8) is 0 Å². The number of carboxylic acid groups (broad SMARTS) is 1. The summed E-state index contributed by atoms with van der Waals surface area (Å²) in [6.07, 6.45) is -2.13. The molecule has 0 saturated carbocycles. The number of halogens is 2. The summed E-state index contributed by atoms with van der Waals surface area (Å²) in [6, 6.07) is -0.232. The normalized spacial score (nSPS) is 17.2. The molecule has 0 aromatic carbocycles. The van der Waals surface area contributed by atoms with Crippen molar-refractivity contribution in [2.24, 2.45) is 0 Å². The van der Waals surface area contributed by atoms with Gasteiger partial charge in [0.25, 0.3) is 6.43 Å². The van der Waals surface area contributed by atoms with Crippen LogP contribution in [-0.4, -0.2) is 54.1 Å². The van der Waals surface area contributed by atoms with Crippen molar-refractivity contribution in [2.75, 3.05) is 20.1 Å². The Morgan fingerprint density at radius 2 is 2.06 bits per heavy atom. The van der Waals surface area contributed by atoms with Gasteiger partial charge in [-0.05, 0) is 33.9 Å². The zero-order chi connectivity index (χ0) is 13.6. The lowest BCUT2D eigenvalue weighted by Crippen LogP contribution is -2.53. The van der Waals surface area contributed by atoms with Crippen LogP contribution in [0.4, 0.5) is 8.78 Å². The Morgan fingerprint density at radius 1 is 1.53 bits per heavy atom. The van der Waals surface area contributed by atoms with Crippen LogP contribution in [0.5, 0.6) is 0 Å². The Hall–Kier alpha value is -0.750. The van der Waals surface area contributed by atoms with Gasteiger partial charge in [0.05, 0.1) is 6.54 Å². The predicted molar refractivity (Wildman–Crippen MR) is 62.4 cm³/mol. The summed E-state index contributed by atoms with van der Waals surface area (Å²) < 4.78 is 24.4. The number of nitrogens with one attached hydrogen (secondary N) is 1. The van der Waals surface area contributed by atoms with Gasteiger partial charge in [-0.1, -0.05) is 6.92 Å². The van der Waals surface area contributed by atoms with Crippen LogP contribution >= 0.6 is 0 Å². The fraction of sp³-hybridized carbons (Fsp3) is 0.909. The zero-order valence-electron chi connectivity index (χ0n) is 10.8. The number of nitrogens with zero attached hydrogens (tertiary/aromatic N) is 1. The van der Waals surface area contributed by atoms with Gasteiger partial charge in [-0.15, -0.1) is 0 Å². The van der Waals surface area contributed by atoms with Crippen LogP contribution < -0.4 is 5.32 Å². The highest BCUT2D eigenvalue weighted by molar-refractivity contribution is 5.78. The van der Waals surface area contributed by atoms with Gasteiger partial charge in [0, 0.05) is 6.04 Å². The molecular weight excluding hydrogens is 230 g/mol. The topological polar surface area (TPSA) is 52.6 Å². The summed E-state index contributed by atoms with van der Waals surface area (Å²) in [5.41, 5.74) is -1.08. The van der Waals surface area contributed by atoms with Crippen LogP contribution in [0.3, 0.4) is 0 Å².